The van der Waals surface area contributed by atoms with Gasteiger partial charge in [0.1, 0.15) is 11.9 Å². The number of terminal acetylenes is 1. The number of hydrogen-bond donors (Lipinski definition) is 0. The van der Waals surface area contributed by atoms with Gasteiger partial charge in [-0.25, -0.2) is 9.38 Å². The lowest BCUT2D eigenvalue weighted by molar-refractivity contribution is -0.129. The molecular formula is C39H54FN4O4PS. The topological polar surface area (TPSA) is 86.1 Å². The molecule has 0 bridgehead atoms. The number of allylic oxidation sites excluding steroid dienone is 1. The number of likely N-dealkylation sites (tertiary alicyclic amines) is 1. The average molecular weight is 725 g/mol. The van der Waals surface area contributed by atoms with Gasteiger partial charge < -0.3 is 18.6 Å². The molecule has 0 saturated carbocycles. The van der Waals surface area contributed by atoms with Crippen molar-refractivity contribution < 1.29 is 22.8 Å². The number of piperidine rings is 1. The SMILES string of the molecule is C#CC[C@@H]1C[C@@H](SOc2cc(O[C@@H](C)C(C[C@@H](C)CC)C(C)C)nc(/C(=N/C(=C)C(C)(C)c3c(F)cccc3P)OC)n2)CCN1C(=O)C=C. The van der Waals surface area contributed by atoms with Crippen LogP contribution in [0.2, 0.25) is 0 Å². The van der Waals surface area contributed by atoms with Crippen molar-refractivity contribution in [1.29, 1.82) is 0 Å². The Morgan fingerprint density at radius 1 is 1.28 bits per heavy atom. The third-order valence-corrected chi connectivity index (χ3v) is 11.0. The summed E-state index contributed by atoms with van der Waals surface area (Å²) in [5, 5.41) is 0.766. The number of aliphatic imine (C=N–C) groups is 1. The number of ether oxygens (including phenoxy) is 2. The molecule has 1 amide bonds. The van der Waals surface area contributed by atoms with Crippen LogP contribution in [0.25, 0.3) is 0 Å². The molecule has 0 spiro atoms. The second-order valence-corrected chi connectivity index (χ2v) is 15.5. The van der Waals surface area contributed by atoms with Gasteiger partial charge in [0.05, 0.1) is 25.2 Å². The van der Waals surface area contributed by atoms with Crippen molar-refractivity contribution in [3.8, 4) is 24.1 Å². The van der Waals surface area contributed by atoms with E-state index >= 15 is 4.39 Å². The van der Waals surface area contributed by atoms with Crippen LogP contribution >= 0.6 is 21.3 Å². The number of halogens is 1. The largest absolute Gasteiger partial charge is 0.478 e. The van der Waals surface area contributed by atoms with Crippen LogP contribution in [0.3, 0.4) is 0 Å². The first-order valence-electron chi connectivity index (χ1n) is 17.3. The molecule has 0 aliphatic carbocycles. The number of benzene rings is 1. The molecule has 1 aliphatic heterocycles. The third kappa shape index (κ3) is 10.6. The van der Waals surface area contributed by atoms with E-state index in [0.29, 0.717) is 60.1 Å². The van der Waals surface area contributed by atoms with E-state index in [9.17, 15) is 4.79 Å². The van der Waals surface area contributed by atoms with E-state index in [1.165, 1.54) is 31.3 Å². The van der Waals surface area contributed by atoms with E-state index in [1.807, 2.05) is 19.9 Å². The van der Waals surface area contributed by atoms with Gasteiger partial charge in [0.15, 0.2) is 0 Å². The first-order valence-corrected chi connectivity index (χ1v) is 18.7. The molecule has 1 aliphatic rings. The molecule has 11 heteroatoms. The lowest BCUT2D eigenvalue weighted by Crippen LogP contribution is -2.46. The lowest BCUT2D eigenvalue weighted by atomic mass is 9.81. The molecule has 2 unspecified atom stereocenters. The normalized spacial score (nSPS) is 18.5. The van der Waals surface area contributed by atoms with Crippen molar-refractivity contribution in [2.45, 2.75) is 103 Å². The Morgan fingerprint density at radius 2 is 1.98 bits per heavy atom. The molecule has 0 radical (unpaired) electrons. The zero-order valence-corrected chi connectivity index (χ0v) is 32.8. The molecule has 272 valence electrons. The summed E-state index contributed by atoms with van der Waals surface area (Å²) in [4.78, 5) is 28.3. The Balaban J connectivity index is 1.98. The summed E-state index contributed by atoms with van der Waals surface area (Å²) >= 11 is 1.28. The van der Waals surface area contributed by atoms with Gasteiger partial charge in [-0.05, 0) is 61.4 Å². The van der Waals surface area contributed by atoms with Crippen molar-refractivity contribution in [2.24, 2.45) is 22.7 Å². The summed E-state index contributed by atoms with van der Waals surface area (Å²) in [6.07, 6.45) is 10.7. The van der Waals surface area contributed by atoms with Crippen molar-refractivity contribution in [3.63, 3.8) is 0 Å². The number of aromatic nitrogens is 2. The highest BCUT2D eigenvalue weighted by Gasteiger charge is 2.33. The Kier molecular flexibility index (Phi) is 15.4. The van der Waals surface area contributed by atoms with Crippen molar-refractivity contribution in [2.75, 3.05) is 13.7 Å². The van der Waals surface area contributed by atoms with Crippen molar-refractivity contribution in [1.82, 2.24) is 14.9 Å². The van der Waals surface area contributed by atoms with Gasteiger partial charge in [0, 0.05) is 40.9 Å². The van der Waals surface area contributed by atoms with Gasteiger partial charge in [-0.2, -0.15) is 9.97 Å². The first-order chi connectivity index (χ1) is 23.7. The van der Waals surface area contributed by atoms with Crippen LogP contribution in [-0.2, 0) is 14.9 Å². The summed E-state index contributed by atoms with van der Waals surface area (Å²) in [6.45, 7) is 23.1. The van der Waals surface area contributed by atoms with E-state index in [1.54, 1.807) is 17.0 Å². The predicted octanol–water partition coefficient (Wildman–Crippen LogP) is 8.07. The number of carbonyl (C=O) groups excluding carboxylic acids is 1. The molecule has 2 aromatic rings. The van der Waals surface area contributed by atoms with Gasteiger partial charge in [-0.1, -0.05) is 73.3 Å². The minimum absolute atomic E-state index is 0.0581. The molecule has 6 atom stereocenters. The van der Waals surface area contributed by atoms with Gasteiger partial charge in [-0.15, -0.1) is 21.6 Å². The molecule has 1 aromatic heterocycles. The maximum Gasteiger partial charge on any atom is 0.260 e. The highest BCUT2D eigenvalue weighted by atomic mass is 32.2. The van der Waals surface area contributed by atoms with Crippen molar-refractivity contribution >= 4 is 38.4 Å². The lowest BCUT2D eigenvalue weighted by Gasteiger charge is -2.37. The molecular weight excluding hydrogens is 670 g/mol. The van der Waals surface area contributed by atoms with Crippen LogP contribution in [0.5, 0.6) is 11.8 Å². The Bertz CT molecular complexity index is 1560. The van der Waals surface area contributed by atoms with Crippen molar-refractivity contribution in [3.05, 3.63) is 66.4 Å². The fourth-order valence-corrected chi connectivity index (χ4v) is 7.70. The highest BCUT2D eigenvalue weighted by Crippen LogP contribution is 2.35. The summed E-state index contributed by atoms with van der Waals surface area (Å²) < 4.78 is 33.6. The monoisotopic (exact) mass is 724 g/mol. The van der Waals surface area contributed by atoms with Gasteiger partial charge in [0.25, 0.3) is 5.90 Å². The van der Waals surface area contributed by atoms with Gasteiger partial charge in [-0.3, -0.25) is 4.79 Å². The molecule has 8 nitrogen and oxygen atoms in total. The van der Waals surface area contributed by atoms with E-state index in [0.717, 1.165) is 12.8 Å². The van der Waals surface area contributed by atoms with E-state index in [2.05, 4.69) is 67.9 Å². The maximum atomic E-state index is 15.1. The minimum Gasteiger partial charge on any atom is -0.478 e. The van der Waals surface area contributed by atoms with E-state index in [4.69, 9.17) is 30.1 Å². The first kappa shape index (κ1) is 41.0. The summed E-state index contributed by atoms with van der Waals surface area (Å²) in [5.74, 6) is 4.26. The zero-order valence-electron chi connectivity index (χ0n) is 30.9. The fraction of sp³-hybridized carbons (Fsp3) is 0.538. The number of methoxy groups -OCH3 is 1. The fourth-order valence-electron chi connectivity index (χ4n) is 6.27. The predicted molar refractivity (Wildman–Crippen MR) is 206 cm³/mol. The summed E-state index contributed by atoms with van der Waals surface area (Å²) in [6, 6.07) is 6.47. The number of hydrogen-bond acceptors (Lipinski definition) is 8. The third-order valence-electron chi connectivity index (χ3n) is 9.58. The van der Waals surface area contributed by atoms with Gasteiger partial charge >= 0.3 is 0 Å². The van der Waals surface area contributed by atoms with Gasteiger partial charge in [0.2, 0.25) is 23.5 Å². The van der Waals surface area contributed by atoms with Crippen LogP contribution in [0.15, 0.2) is 54.2 Å². The quantitative estimate of drug-likeness (QED) is 0.0432. The number of nitrogens with zero attached hydrogens (tertiary/aromatic N) is 4. The summed E-state index contributed by atoms with van der Waals surface area (Å²) in [5.41, 5.74) is -0.0649. The molecule has 0 N–H and O–H groups in total. The van der Waals surface area contributed by atoms with Crippen LogP contribution in [0, 0.1) is 35.9 Å². The molecule has 3 rings (SSSR count). The molecule has 50 heavy (non-hydrogen) atoms. The standard InChI is InChI=1S/C39H54FN4O4PS/c1-12-16-28-22-29(19-20-44(28)35(45)14-3)50-48-34-23-33(47-26(7)30(24(4)5)21-25(6)13-2)42-37(43-34)38(46-11)41-27(8)39(9,10)36-31(40)17-15-18-32(36)49/h1,14-15,17-18,23-26,28-30H,3,8,13,16,19-22,49H2,2,4-7,9-11H3/b41-38-/t25-,26-,28+,29-,30?/m0/s1. The smallest absolute Gasteiger partial charge is 0.260 e. The average Bonchev–Trinajstić information content (AvgIpc) is 3.07. The Morgan fingerprint density at radius 3 is 2.58 bits per heavy atom. The number of amides is 1. The van der Waals surface area contributed by atoms with Crippen LogP contribution in [-0.4, -0.2) is 57.7 Å². The minimum atomic E-state index is -0.888. The second kappa shape index (κ2) is 18.7. The number of rotatable bonds is 16. The molecule has 1 saturated heterocycles. The zero-order chi connectivity index (χ0) is 37.2. The van der Waals surface area contributed by atoms with Crippen LogP contribution in [0.1, 0.15) is 92.0 Å². The molecule has 2 heterocycles. The summed E-state index contributed by atoms with van der Waals surface area (Å²) in [7, 11) is 4.06. The van der Waals surface area contributed by atoms with E-state index in [-0.39, 0.29) is 52.6 Å². The van der Waals surface area contributed by atoms with E-state index < -0.39 is 5.41 Å². The Hall–Kier alpha value is -3.41. The molecule has 1 aromatic carbocycles. The van der Waals surface area contributed by atoms with Crippen LogP contribution in [0.4, 0.5) is 4.39 Å². The Labute approximate surface area is 305 Å². The second-order valence-electron chi connectivity index (χ2n) is 13.9. The highest BCUT2D eigenvalue weighted by molar-refractivity contribution is 7.95. The van der Waals surface area contributed by atoms with Crippen LogP contribution < -0.4 is 14.2 Å². The molecule has 1 fully saturated rings. The number of carbonyl (C=O) groups is 1. The maximum absolute atomic E-state index is 15.1.